The van der Waals surface area contributed by atoms with Gasteiger partial charge in [-0.25, -0.2) is 20.2 Å². The lowest BCUT2D eigenvalue weighted by Gasteiger charge is -2.11. The Morgan fingerprint density at radius 2 is 1.94 bits per heavy atom. The highest BCUT2D eigenvalue weighted by Gasteiger charge is 2.24. The monoisotopic (exact) mass is 246 g/mol. The maximum absolute atomic E-state index is 10.7. The summed E-state index contributed by atoms with van der Waals surface area (Å²) >= 11 is 0. The van der Waals surface area contributed by atoms with Gasteiger partial charge in [-0.15, -0.1) is 10.1 Å². The maximum atomic E-state index is 10.7. The van der Waals surface area contributed by atoms with E-state index in [2.05, 4.69) is 15.4 Å². The summed E-state index contributed by atoms with van der Waals surface area (Å²) in [6.45, 7) is -0.373. The molecule has 0 N–H and O–H groups in total. The van der Waals surface area contributed by atoms with Gasteiger partial charge in [-0.05, 0) is 5.21 Å². The predicted molar refractivity (Wildman–Crippen MR) is 52.8 cm³/mol. The molecule has 0 aliphatic rings. The van der Waals surface area contributed by atoms with Crippen molar-refractivity contribution in [2.24, 2.45) is 7.05 Å². The molecule has 0 saturated heterocycles. The second kappa shape index (κ2) is 5.00. The summed E-state index contributed by atoms with van der Waals surface area (Å²) in [7, 11) is 2.67. The van der Waals surface area contributed by atoms with E-state index in [1.54, 1.807) is 0 Å². The first kappa shape index (κ1) is 12.5. The third-order valence-electron chi connectivity index (χ3n) is 1.84. The summed E-state index contributed by atoms with van der Waals surface area (Å²) in [5.74, 6) is -0.214. The summed E-state index contributed by atoms with van der Waals surface area (Å²) in [4.78, 5) is 22.1. The zero-order chi connectivity index (χ0) is 13.0. The van der Waals surface area contributed by atoms with Crippen LogP contribution in [0.4, 0.5) is 5.95 Å². The fraction of sp³-hybridized carbons (Fsp3) is 0.800. The van der Waals surface area contributed by atoms with Crippen LogP contribution >= 0.6 is 0 Å². The average molecular weight is 246 g/mol. The lowest BCUT2D eigenvalue weighted by molar-refractivity contribution is -0.649. The fourth-order valence-corrected chi connectivity index (χ4v) is 0.953. The molecule has 0 unspecified atom stereocenters. The minimum Gasteiger partial charge on any atom is -0.235 e. The van der Waals surface area contributed by atoms with Gasteiger partial charge in [-0.2, -0.15) is 4.80 Å². The number of anilines is 1. The van der Waals surface area contributed by atoms with Crippen molar-refractivity contribution < 1.29 is 10.1 Å². The van der Waals surface area contributed by atoms with Crippen molar-refractivity contribution >= 4 is 5.95 Å². The first-order valence-electron chi connectivity index (χ1n) is 4.43. The molecule has 0 spiro atoms. The largest absolute Gasteiger partial charge is 0.326 e. The summed E-state index contributed by atoms with van der Waals surface area (Å²) < 4.78 is 0. The minimum atomic E-state index is -0.745. The smallest absolute Gasteiger partial charge is 0.235 e. The van der Waals surface area contributed by atoms with E-state index in [4.69, 9.17) is 0 Å². The molecule has 0 radical (unpaired) electrons. The summed E-state index contributed by atoms with van der Waals surface area (Å²) in [5, 5.41) is 31.5. The van der Waals surface area contributed by atoms with Gasteiger partial charge in [0.2, 0.25) is 0 Å². The first-order chi connectivity index (χ1) is 7.91. The number of hydrazine groups is 2. The van der Waals surface area contributed by atoms with Crippen LogP contribution in [0.3, 0.4) is 0 Å². The fourth-order valence-electron chi connectivity index (χ4n) is 0.953. The van der Waals surface area contributed by atoms with Gasteiger partial charge in [-0.3, -0.25) is 0 Å². The Bertz CT molecular complexity index is 418. The highest BCUT2D eigenvalue weighted by molar-refractivity contribution is 5.19. The number of nitro groups is 2. The van der Waals surface area contributed by atoms with E-state index >= 15 is 0 Å². The van der Waals surface area contributed by atoms with Crippen LogP contribution in [0.2, 0.25) is 0 Å². The Kier molecular flexibility index (Phi) is 3.69. The van der Waals surface area contributed by atoms with Gasteiger partial charge in [0.1, 0.15) is 13.1 Å². The number of aryl methyl sites for hydroxylation is 1. The van der Waals surface area contributed by atoms with Crippen molar-refractivity contribution in [2.45, 2.75) is 0 Å². The van der Waals surface area contributed by atoms with Crippen LogP contribution < -0.4 is 5.01 Å². The Morgan fingerprint density at radius 3 is 2.35 bits per heavy atom. The van der Waals surface area contributed by atoms with Crippen molar-refractivity contribution in [3.05, 3.63) is 20.2 Å². The van der Waals surface area contributed by atoms with Gasteiger partial charge in [0, 0.05) is 0 Å². The lowest BCUT2D eigenvalue weighted by Crippen LogP contribution is -2.39. The van der Waals surface area contributed by atoms with Gasteiger partial charge >= 0.3 is 5.95 Å². The highest BCUT2D eigenvalue weighted by Crippen LogP contribution is 2.03. The molecule has 0 aliphatic heterocycles. The molecule has 0 amide bonds. The second-order valence-corrected chi connectivity index (χ2v) is 3.06. The second-order valence-electron chi connectivity index (χ2n) is 3.06. The van der Waals surface area contributed by atoms with Gasteiger partial charge < -0.3 is 0 Å². The normalized spacial score (nSPS) is 10.0. The Balaban J connectivity index is 2.68. The lowest BCUT2D eigenvalue weighted by atomic mass is 10.6. The SMILES string of the molecule is CN(CCN(c1nnn(C)n1)[N+](=O)[O-])[N+](=O)[O-]. The molecule has 94 valence electrons. The zero-order valence-electron chi connectivity index (χ0n) is 9.12. The Labute approximate surface area is 94.6 Å². The minimum absolute atomic E-state index is 0.147. The third kappa shape index (κ3) is 3.22. The molecule has 0 atom stereocenters. The third-order valence-corrected chi connectivity index (χ3v) is 1.84. The van der Waals surface area contributed by atoms with Crippen molar-refractivity contribution in [2.75, 3.05) is 25.1 Å². The maximum Gasteiger partial charge on any atom is 0.326 e. The molecule has 1 heterocycles. The van der Waals surface area contributed by atoms with Crippen LogP contribution in [0.1, 0.15) is 0 Å². The number of likely N-dealkylation sites (N-methyl/N-ethyl adjacent to an activating group) is 1. The van der Waals surface area contributed by atoms with Crippen LogP contribution in [0.15, 0.2) is 0 Å². The van der Waals surface area contributed by atoms with Crippen molar-refractivity contribution in [1.29, 1.82) is 0 Å². The first-order valence-corrected chi connectivity index (χ1v) is 4.43. The van der Waals surface area contributed by atoms with Crippen molar-refractivity contribution in [3.63, 3.8) is 0 Å². The van der Waals surface area contributed by atoms with E-state index in [1.807, 2.05) is 0 Å². The Hall–Kier alpha value is -2.53. The number of rotatable bonds is 6. The van der Waals surface area contributed by atoms with Crippen LogP contribution in [0, 0.1) is 20.2 Å². The molecular weight excluding hydrogens is 236 g/mol. The topological polar surface area (TPSA) is 136 Å². The molecule has 0 fully saturated rings. The molecule has 1 rings (SSSR count). The van der Waals surface area contributed by atoms with Gasteiger partial charge in [0.05, 0.1) is 14.1 Å². The van der Waals surface area contributed by atoms with E-state index in [0.717, 1.165) is 9.81 Å². The molecule has 1 aromatic rings. The average Bonchev–Trinajstić information content (AvgIpc) is 2.64. The van der Waals surface area contributed by atoms with Gasteiger partial charge in [0.25, 0.3) is 0 Å². The molecular formula is C5H10N8O4. The van der Waals surface area contributed by atoms with Crippen molar-refractivity contribution in [3.8, 4) is 0 Å². The standard InChI is InChI=1S/C5H10N8O4/c1-9(12(14)15)3-4-11(13(16)17)5-6-8-10(2)7-5/h3-4H2,1-2H3. The molecule has 17 heavy (non-hydrogen) atoms. The van der Waals surface area contributed by atoms with E-state index in [1.165, 1.54) is 14.1 Å². The van der Waals surface area contributed by atoms with Crippen LogP contribution in [0.5, 0.6) is 0 Å². The number of tetrazole rings is 1. The summed E-state index contributed by atoms with van der Waals surface area (Å²) in [5.41, 5.74) is 0. The molecule has 0 bridgehead atoms. The van der Waals surface area contributed by atoms with Gasteiger partial charge in [-0.1, -0.05) is 10.1 Å². The predicted octanol–water partition coefficient (Wildman–Crippen LogP) is -1.67. The summed E-state index contributed by atoms with van der Waals surface area (Å²) in [6.07, 6.45) is 0. The molecule has 12 nitrogen and oxygen atoms in total. The van der Waals surface area contributed by atoms with Crippen LogP contribution in [-0.4, -0.2) is 55.4 Å². The molecule has 0 aliphatic carbocycles. The van der Waals surface area contributed by atoms with Crippen LogP contribution in [-0.2, 0) is 7.05 Å². The van der Waals surface area contributed by atoms with E-state index in [9.17, 15) is 20.2 Å². The van der Waals surface area contributed by atoms with E-state index in [-0.39, 0.29) is 19.0 Å². The highest BCUT2D eigenvalue weighted by atomic mass is 16.7. The number of nitrogens with zero attached hydrogens (tertiary/aromatic N) is 8. The molecule has 0 saturated carbocycles. The number of hydrogen-bond acceptors (Lipinski definition) is 7. The zero-order valence-corrected chi connectivity index (χ0v) is 9.12. The number of hydrogen-bond donors (Lipinski definition) is 0. The molecule has 0 aromatic carbocycles. The van der Waals surface area contributed by atoms with E-state index < -0.39 is 10.1 Å². The van der Waals surface area contributed by atoms with Gasteiger partial charge in [0.15, 0.2) is 10.1 Å². The quantitative estimate of drug-likeness (QED) is 0.426. The summed E-state index contributed by atoms with van der Waals surface area (Å²) in [6, 6.07) is 0. The van der Waals surface area contributed by atoms with E-state index in [0.29, 0.717) is 5.01 Å². The molecule has 12 heteroatoms. The number of aromatic nitrogens is 4. The molecule has 1 aromatic heterocycles. The van der Waals surface area contributed by atoms with Crippen LogP contribution in [0.25, 0.3) is 0 Å². The Morgan fingerprint density at radius 1 is 1.29 bits per heavy atom. The van der Waals surface area contributed by atoms with Crippen molar-refractivity contribution in [1.82, 2.24) is 25.2 Å².